The molecule has 1 unspecified atom stereocenters. The standard InChI is InChI=1S/C30H45F3N2O2/c1-22(2)20-34-21-29(23(3)4,25-10-8-11-26(19-25)30(31,32)33)15-9-16-35(5)17-14-24-12-13-27(36-6)28(18-24)37-7/h8,10-13,18-19,22-23,34H,9,14-17,20-21H2,1-7H3. The summed E-state index contributed by atoms with van der Waals surface area (Å²) in [6, 6.07) is 11.9. The summed E-state index contributed by atoms with van der Waals surface area (Å²) in [5.41, 5.74) is 0.968. The molecule has 0 heterocycles. The van der Waals surface area contributed by atoms with Gasteiger partial charge in [0.2, 0.25) is 0 Å². The van der Waals surface area contributed by atoms with E-state index in [9.17, 15) is 13.2 Å². The number of hydrogen-bond acceptors (Lipinski definition) is 4. The first-order valence-electron chi connectivity index (χ1n) is 13.2. The number of likely N-dealkylation sites (N-methyl/N-ethyl adjacent to an activating group) is 1. The van der Waals surface area contributed by atoms with Crippen LogP contribution in [0.2, 0.25) is 0 Å². The van der Waals surface area contributed by atoms with E-state index in [1.165, 1.54) is 11.6 Å². The van der Waals surface area contributed by atoms with Crippen molar-refractivity contribution < 1.29 is 22.6 Å². The number of benzene rings is 2. The Morgan fingerprint density at radius 2 is 1.57 bits per heavy atom. The molecule has 4 nitrogen and oxygen atoms in total. The van der Waals surface area contributed by atoms with Gasteiger partial charge in [0, 0.05) is 18.5 Å². The number of ether oxygens (including phenoxy) is 2. The van der Waals surface area contributed by atoms with Crippen LogP contribution in [-0.2, 0) is 18.0 Å². The molecule has 0 spiro atoms. The van der Waals surface area contributed by atoms with Gasteiger partial charge in [-0.15, -0.1) is 0 Å². The molecule has 37 heavy (non-hydrogen) atoms. The van der Waals surface area contributed by atoms with Crippen molar-refractivity contribution in [2.45, 2.75) is 58.5 Å². The fraction of sp³-hybridized carbons (Fsp3) is 0.600. The summed E-state index contributed by atoms with van der Waals surface area (Å²) in [7, 11) is 5.36. The van der Waals surface area contributed by atoms with Gasteiger partial charge >= 0.3 is 6.18 Å². The van der Waals surface area contributed by atoms with Gasteiger partial charge in [0.25, 0.3) is 0 Å². The molecule has 1 atom stereocenters. The maximum absolute atomic E-state index is 13.6. The van der Waals surface area contributed by atoms with E-state index in [2.05, 4.69) is 45.0 Å². The molecule has 2 aromatic carbocycles. The minimum atomic E-state index is -4.35. The first-order chi connectivity index (χ1) is 17.4. The highest BCUT2D eigenvalue weighted by Crippen LogP contribution is 2.39. The topological polar surface area (TPSA) is 33.7 Å². The lowest BCUT2D eigenvalue weighted by Gasteiger charge is -2.40. The Balaban J connectivity index is 2.12. The molecule has 0 radical (unpaired) electrons. The molecular formula is C30H45F3N2O2. The van der Waals surface area contributed by atoms with Gasteiger partial charge in [-0.05, 0) is 80.6 Å². The van der Waals surface area contributed by atoms with Gasteiger partial charge in [-0.1, -0.05) is 52.0 Å². The summed E-state index contributed by atoms with van der Waals surface area (Å²) in [4.78, 5) is 2.29. The second-order valence-electron chi connectivity index (χ2n) is 10.8. The predicted octanol–water partition coefficient (Wildman–Crippen LogP) is 6.82. The second-order valence-corrected chi connectivity index (χ2v) is 10.8. The summed E-state index contributed by atoms with van der Waals surface area (Å²) in [6.07, 6.45) is -1.79. The first kappa shape index (κ1) is 31.0. The summed E-state index contributed by atoms with van der Waals surface area (Å²) in [5.74, 6) is 2.08. The zero-order chi connectivity index (χ0) is 27.6. The van der Waals surface area contributed by atoms with Crippen molar-refractivity contribution in [1.29, 1.82) is 0 Å². The predicted molar refractivity (Wildman–Crippen MR) is 146 cm³/mol. The van der Waals surface area contributed by atoms with Gasteiger partial charge in [-0.2, -0.15) is 13.2 Å². The molecule has 208 valence electrons. The van der Waals surface area contributed by atoms with E-state index in [4.69, 9.17) is 9.47 Å². The lowest BCUT2D eigenvalue weighted by molar-refractivity contribution is -0.137. The third kappa shape index (κ3) is 8.92. The quantitative estimate of drug-likeness (QED) is 0.278. The van der Waals surface area contributed by atoms with Gasteiger partial charge in [0.1, 0.15) is 0 Å². The van der Waals surface area contributed by atoms with Crippen molar-refractivity contribution in [3.63, 3.8) is 0 Å². The van der Waals surface area contributed by atoms with Crippen LogP contribution in [0.1, 0.15) is 57.2 Å². The van der Waals surface area contributed by atoms with Crippen LogP contribution in [0.25, 0.3) is 0 Å². The smallest absolute Gasteiger partial charge is 0.416 e. The van der Waals surface area contributed by atoms with Gasteiger partial charge < -0.3 is 19.7 Å². The molecule has 0 saturated heterocycles. The molecule has 0 aliphatic carbocycles. The van der Waals surface area contributed by atoms with Crippen molar-refractivity contribution in [3.8, 4) is 11.5 Å². The van der Waals surface area contributed by atoms with Crippen LogP contribution >= 0.6 is 0 Å². The lowest BCUT2D eigenvalue weighted by atomic mass is 9.68. The second kappa shape index (κ2) is 14.1. The molecule has 0 aromatic heterocycles. The molecule has 2 rings (SSSR count). The van der Waals surface area contributed by atoms with Crippen molar-refractivity contribution in [1.82, 2.24) is 10.2 Å². The van der Waals surface area contributed by atoms with Crippen molar-refractivity contribution in [3.05, 3.63) is 59.2 Å². The largest absolute Gasteiger partial charge is 0.493 e. The fourth-order valence-corrected chi connectivity index (χ4v) is 4.88. The summed E-state index contributed by atoms with van der Waals surface area (Å²) >= 11 is 0. The molecule has 7 heteroatoms. The van der Waals surface area contributed by atoms with Gasteiger partial charge in [0.15, 0.2) is 11.5 Å². The van der Waals surface area contributed by atoms with Crippen LogP contribution in [0.3, 0.4) is 0 Å². The molecule has 0 aliphatic heterocycles. The van der Waals surface area contributed by atoms with Crippen molar-refractivity contribution >= 4 is 0 Å². The van der Waals surface area contributed by atoms with Crippen LogP contribution in [0, 0.1) is 11.8 Å². The highest BCUT2D eigenvalue weighted by Gasteiger charge is 2.38. The van der Waals surface area contributed by atoms with Crippen LogP contribution in [0.4, 0.5) is 13.2 Å². The normalized spacial score (nSPS) is 13.9. The van der Waals surface area contributed by atoms with Crippen LogP contribution in [0.5, 0.6) is 11.5 Å². The van der Waals surface area contributed by atoms with E-state index >= 15 is 0 Å². The van der Waals surface area contributed by atoms with Gasteiger partial charge in [-0.3, -0.25) is 0 Å². The fourth-order valence-electron chi connectivity index (χ4n) is 4.88. The molecule has 0 bridgehead atoms. The van der Waals surface area contributed by atoms with E-state index in [0.29, 0.717) is 18.2 Å². The Hall–Kier alpha value is -2.25. The van der Waals surface area contributed by atoms with E-state index in [1.807, 2.05) is 24.3 Å². The number of nitrogens with one attached hydrogen (secondary N) is 1. The molecule has 1 N–H and O–H groups in total. The summed E-state index contributed by atoms with van der Waals surface area (Å²) in [5, 5.41) is 3.55. The summed E-state index contributed by atoms with van der Waals surface area (Å²) < 4.78 is 51.4. The molecule has 0 aliphatic rings. The summed E-state index contributed by atoms with van der Waals surface area (Å²) in [6.45, 7) is 11.8. The SMILES string of the molecule is COc1ccc(CCN(C)CCCC(CNCC(C)C)(c2cccc(C(F)(F)F)c2)C(C)C)cc1OC. The Labute approximate surface area is 221 Å². The highest BCUT2D eigenvalue weighted by atomic mass is 19.4. The molecule has 2 aromatic rings. The Kier molecular flexibility index (Phi) is 11.8. The Morgan fingerprint density at radius 3 is 2.16 bits per heavy atom. The minimum absolute atomic E-state index is 0.174. The third-order valence-electron chi connectivity index (χ3n) is 7.26. The van der Waals surface area contributed by atoms with Crippen molar-refractivity contribution in [2.75, 3.05) is 47.4 Å². The third-order valence-corrected chi connectivity index (χ3v) is 7.26. The Morgan fingerprint density at radius 1 is 0.892 bits per heavy atom. The number of nitrogens with zero attached hydrogens (tertiary/aromatic N) is 1. The van der Waals surface area contributed by atoms with Crippen LogP contribution in [0.15, 0.2) is 42.5 Å². The highest BCUT2D eigenvalue weighted by molar-refractivity contribution is 5.43. The van der Waals surface area contributed by atoms with E-state index in [1.54, 1.807) is 20.3 Å². The van der Waals surface area contributed by atoms with Crippen LogP contribution in [-0.4, -0.2) is 52.3 Å². The zero-order valence-corrected chi connectivity index (χ0v) is 23.5. The van der Waals surface area contributed by atoms with Gasteiger partial charge in [0.05, 0.1) is 19.8 Å². The minimum Gasteiger partial charge on any atom is -0.493 e. The van der Waals surface area contributed by atoms with E-state index in [-0.39, 0.29) is 11.3 Å². The van der Waals surface area contributed by atoms with E-state index in [0.717, 1.165) is 56.3 Å². The van der Waals surface area contributed by atoms with Crippen molar-refractivity contribution in [2.24, 2.45) is 11.8 Å². The van der Waals surface area contributed by atoms with E-state index < -0.39 is 11.7 Å². The molecule has 0 amide bonds. The first-order valence-corrected chi connectivity index (χ1v) is 13.2. The number of alkyl halides is 3. The average molecular weight is 523 g/mol. The average Bonchev–Trinajstić information content (AvgIpc) is 2.85. The Bertz CT molecular complexity index is 962. The number of rotatable bonds is 15. The number of hydrogen-bond donors (Lipinski definition) is 1. The maximum atomic E-state index is 13.6. The molecule has 0 saturated carbocycles. The number of halogens is 3. The van der Waals surface area contributed by atoms with Crippen LogP contribution < -0.4 is 14.8 Å². The molecular weight excluding hydrogens is 477 g/mol. The maximum Gasteiger partial charge on any atom is 0.416 e. The molecule has 0 fully saturated rings. The number of methoxy groups -OCH3 is 2. The lowest BCUT2D eigenvalue weighted by Crippen LogP contribution is -2.44. The van der Waals surface area contributed by atoms with Gasteiger partial charge in [-0.25, -0.2) is 0 Å². The zero-order valence-electron chi connectivity index (χ0n) is 23.5. The monoisotopic (exact) mass is 522 g/mol.